The van der Waals surface area contributed by atoms with Crippen LogP contribution in [0.25, 0.3) is 0 Å². The number of hydrogen-bond acceptors (Lipinski definition) is 1. The second-order valence-corrected chi connectivity index (χ2v) is 2.40. The molecular weight excluding hydrogens is 128 g/mol. The number of aromatic hydroxyl groups is 1. The van der Waals surface area contributed by atoms with Gasteiger partial charge in [0.15, 0.2) is 5.75 Å². The van der Waals surface area contributed by atoms with E-state index in [0.29, 0.717) is 11.1 Å². The SMILES string of the molecule is Cc1cc(O)c(C)cc1[O]. The van der Waals surface area contributed by atoms with E-state index in [1.165, 1.54) is 12.1 Å². The van der Waals surface area contributed by atoms with Gasteiger partial charge in [0.2, 0.25) is 0 Å². The third-order valence-corrected chi connectivity index (χ3v) is 1.49. The maximum absolute atomic E-state index is 10.9. The molecule has 0 amide bonds. The van der Waals surface area contributed by atoms with Crippen molar-refractivity contribution in [3.8, 4) is 11.5 Å². The largest absolute Gasteiger partial charge is 0.508 e. The van der Waals surface area contributed by atoms with Crippen LogP contribution in [0.4, 0.5) is 0 Å². The molecule has 1 N–H and O–H groups in total. The third kappa shape index (κ3) is 1.05. The highest BCUT2D eigenvalue weighted by atomic mass is 16.3. The maximum atomic E-state index is 10.9. The fourth-order valence-corrected chi connectivity index (χ4v) is 0.774. The predicted octanol–water partition coefficient (Wildman–Crippen LogP) is 2.15. The zero-order chi connectivity index (χ0) is 7.72. The monoisotopic (exact) mass is 137 g/mol. The zero-order valence-electron chi connectivity index (χ0n) is 6.01. The summed E-state index contributed by atoms with van der Waals surface area (Å²) in [6, 6.07) is 2.92. The quantitative estimate of drug-likeness (QED) is 0.584. The molecule has 0 saturated carbocycles. The molecule has 2 heteroatoms. The summed E-state index contributed by atoms with van der Waals surface area (Å²) >= 11 is 0. The summed E-state index contributed by atoms with van der Waals surface area (Å²) < 4.78 is 0. The van der Waals surface area contributed by atoms with Crippen molar-refractivity contribution in [3.05, 3.63) is 23.3 Å². The van der Waals surface area contributed by atoms with Crippen molar-refractivity contribution in [1.82, 2.24) is 0 Å². The maximum Gasteiger partial charge on any atom is 0.182 e. The molecule has 0 aliphatic heterocycles. The average molecular weight is 137 g/mol. The number of phenols is 1. The number of hydrogen-bond donors (Lipinski definition) is 1. The molecule has 0 atom stereocenters. The number of phenolic OH excluding ortho intramolecular Hbond substituents is 1. The van der Waals surface area contributed by atoms with Crippen LogP contribution in [0, 0.1) is 13.8 Å². The van der Waals surface area contributed by atoms with Gasteiger partial charge < -0.3 is 5.11 Å². The van der Waals surface area contributed by atoms with Crippen LogP contribution < -0.4 is 0 Å². The second kappa shape index (κ2) is 2.21. The van der Waals surface area contributed by atoms with Gasteiger partial charge >= 0.3 is 0 Å². The Morgan fingerprint density at radius 1 is 1.20 bits per heavy atom. The van der Waals surface area contributed by atoms with Gasteiger partial charge in [-0.1, -0.05) is 0 Å². The molecule has 2 nitrogen and oxygen atoms in total. The van der Waals surface area contributed by atoms with Gasteiger partial charge in [-0.3, -0.25) is 5.11 Å². The third-order valence-electron chi connectivity index (χ3n) is 1.49. The van der Waals surface area contributed by atoms with Gasteiger partial charge in [-0.05, 0) is 31.5 Å². The molecule has 1 radical (unpaired) electrons. The minimum Gasteiger partial charge on any atom is -0.508 e. The van der Waals surface area contributed by atoms with Crippen LogP contribution in [0.3, 0.4) is 0 Å². The van der Waals surface area contributed by atoms with Gasteiger partial charge in [0, 0.05) is 5.56 Å². The molecule has 53 valence electrons. The van der Waals surface area contributed by atoms with Crippen molar-refractivity contribution < 1.29 is 10.2 Å². The summed E-state index contributed by atoms with van der Waals surface area (Å²) in [7, 11) is 0. The fourth-order valence-electron chi connectivity index (χ4n) is 0.774. The standard InChI is InChI=1S/C8H9O2/c1-5-3-8(10)6(2)4-7(5)9/h3-4,9H,1-2H3. The predicted molar refractivity (Wildman–Crippen MR) is 37.7 cm³/mol. The van der Waals surface area contributed by atoms with E-state index in [-0.39, 0.29) is 11.5 Å². The van der Waals surface area contributed by atoms with Crippen LogP contribution in [0.1, 0.15) is 11.1 Å². The molecule has 0 aliphatic carbocycles. The fraction of sp³-hybridized carbons (Fsp3) is 0.250. The molecule has 1 aromatic rings. The molecule has 0 saturated heterocycles. The summed E-state index contributed by atoms with van der Waals surface area (Å²) in [6.07, 6.45) is 0. The Balaban J connectivity index is 3.28. The summed E-state index contributed by atoms with van der Waals surface area (Å²) in [4.78, 5) is 0. The first-order valence-corrected chi connectivity index (χ1v) is 3.08. The lowest BCUT2D eigenvalue weighted by Crippen LogP contribution is -1.77. The van der Waals surface area contributed by atoms with Crippen LogP contribution >= 0.6 is 0 Å². The van der Waals surface area contributed by atoms with Crippen LogP contribution in [0.15, 0.2) is 12.1 Å². The summed E-state index contributed by atoms with van der Waals surface area (Å²) in [6.45, 7) is 3.39. The van der Waals surface area contributed by atoms with Crippen molar-refractivity contribution in [2.75, 3.05) is 0 Å². The van der Waals surface area contributed by atoms with E-state index in [2.05, 4.69) is 0 Å². The molecular formula is C8H9O2. The van der Waals surface area contributed by atoms with E-state index in [1.807, 2.05) is 0 Å². The Morgan fingerprint density at radius 3 is 2.30 bits per heavy atom. The Morgan fingerprint density at radius 2 is 1.80 bits per heavy atom. The van der Waals surface area contributed by atoms with E-state index in [9.17, 15) is 5.11 Å². The second-order valence-electron chi connectivity index (χ2n) is 2.40. The molecule has 0 spiro atoms. The first kappa shape index (κ1) is 6.93. The van der Waals surface area contributed by atoms with Gasteiger partial charge in [0.1, 0.15) is 5.75 Å². The van der Waals surface area contributed by atoms with Gasteiger partial charge in [-0.2, -0.15) is 0 Å². The van der Waals surface area contributed by atoms with E-state index in [1.54, 1.807) is 13.8 Å². The van der Waals surface area contributed by atoms with Gasteiger partial charge in [-0.15, -0.1) is 0 Å². The first-order chi connectivity index (χ1) is 4.61. The van der Waals surface area contributed by atoms with Crippen molar-refractivity contribution in [2.24, 2.45) is 0 Å². The van der Waals surface area contributed by atoms with E-state index < -0.39 is 0 Å². The lowest BCUT2D eigenvalue weighted by atomic mass is 10.1. The molecule has 1 rings (SSSR count). The van der Waals surface area contributed by atoms with Gasteiger partial charge in [0.05, 0.1) is 0 Å². The topological polar surface area (TPSA) is 40.1 Å². The Hall–Kier alpha value is -1.18. The van der Waals surface area contributed by atoms with E-state index >= 15 is 0 Å². The Kier molecular flexibility index (Phi) is 1.53. The van der Waals surface area contributed by atoms with Crippen molar-refractivity contribution in [2.45, 2.75) is 13.8 Å². The molecule has 0 fully saturated rings. The summed E-state index contributed by atoms with van der Waals surface area (Å²) in [5, 5.41) is 20.0. The highest BCUT2D eigenvalue weighted by Gasteiger charge is 2.01. The average Bonchev–Trinajstić information content (AvgIpc) is 1.84. The van der Waals surface area contributed by atoms with Crippen molar-refractivity contribution in [3.63, 3.8) is 0 Å². The zero-order valence-corrected chi connectivity index (χ0v) is 6.01. The number of aryl methyl sites for hydroxylation is 2. The van der Waals surface area contributed by atoms with Crippen LogP contribution in [-0.4, -0.2) is 5.11 Å². The van der Waals surface area contributed by atoms with Gasteiger partial charge in [0.25, 0.3) is 0 Å². The molecule has 10 heavy (non-hydrogen) atoms. The van der Waals surface area contributed by atoms with Crippen LogP contribution in [-0.2, 0) is 5.11 Å². The Labute approximate surface area is 59.7 Å². The van der Waals surface area contributed by atoms with E-state index in [4.69, 9.17) is 5.11 Å². The van der Waals surface area contributed by atoms with Gasteiger partial charge in [-0.25, -0.2) is 0 Å². The lowest BCUT2D eigenvalue weighted by Gasteiger charge is -1.99. The summed E-state index contributed by atoms with van der Waals surface area (Å²) in [5.41, 5.74) is 1.22. The molecule has 0 bridgehead atoms. The molecule has 0 aromatic heterocycles. The highest BCUT2D eigenvalue weighted by Crippen LogP contribution is 2.25. The van der Waals surface area contributed by atoms with Crippen molar-refractivity contribution in [1.29, 1.82) is 0 Å². The number of rotatable bonds is 0. The minimum atomic E-state index is -0.0182. The molecule has 1 aromatic carbocycles. The normalized spacial score (nSPS) is 9.80. The Bertz CT molecular complexity index is 203. The lowest BCUT2D eigenvalue weighted by molar-refractivity contribution is 0.350. The molecule has 0 aliphatic rings. The number of benzene rings is 1. The smallest absolute Gasteiger partial charge is 0.182 e. The first-order valence-electron chi connectivity index (χ1n) is 3.08. The molecule has 0 heterocycles. The minimum absolute atomic E-state index is 0.0182. The summed E-state index contributed by atoms with van der Waals surface area (Å²) in [5.74, 6) is 0.174. The molecule has 0 unspecified atom stereocenters. The van der Waals surface area contributed by atoms with E-state index in [0.717, 1.165) is 0 Å². The van der Waals surface area contributed by atoms with Crippen LogP contribution in [0.5, 0.6) is 11.5 Å². The highest BCUT2D eigenvalue weighted by molar-refractivity contribution is 5.43. The van der Waals surface area contributed by atoms with Crippen LogP contribution in [0.2, 0.25) is 0 Å². The van der Waals surface area contributed by atoms with Crippen molar-refractivity contribution >= 4 is 0 Å².